The van der Waals surface area contributed by atoms with Gasteiger partial charge in [0.25, 0.3) is 0 Å². The van der Waals surface area contributed by atoms with Crippen molar-refractivity contribution in [3.8, 4) is 0 Å². The van der Waals surface area contributed by atoms with Crippen molar-refractivity contribution in [3.63, 3.8) is 0 Å². The van der Waals surface area contributed by atoms with Crippen LogP contribution in [0.15, 0.2) is 34.8 Å². The van der Waals surface area contributed by atoms with Gasteiger partial charge in [0, 0.05) is 10.5 Å². The molecule has 1 N–H and O–H groups in total. The van der Waals surface area contributed by atoms with Crippen LogP contribution >= 0.6 is 15.9 Å². The van der Waals surface area contributed by atoms with Crippen LogP contribution in [0.5, 0.6) is 0 Å². The van der Waals surface area contributed by atoms with Crippen molar-refractivity contribution >= 4 is 33.9 Å². The van der Waals surface area contributed by atoms with E-state index in [2.05, 4.69) is 26.0 Å². The van der Waals surface area contributed by atoms with Crippen molar-refractivity contribution in [2.45, 2.75) is 13.0 Å². The number of benzene rings is 1. The molecule has 0 radical (unpaired) electrons. The molecule has 1 unspecified atom stereocenters. The number of hydrogen-bond acceptors (Lipinski definition) is 3. The number of ether oxygens (including phenoxy) is 1. The van der Waals surface area contributed by atoms with Gasteiger partial charge in [-0.3, -0.25) is 4.79 Å². The maximum atomic E-state index is 11.5. The lowest BCUT2D eigenvalue weighted by Gasteiger charge is -2.09. The Morgan fingerprint density at radius 3 is 2.78 bits per heavy atom. The minimum absolute atomic E-state index is 0.340. The number of methoxy groups -OCH3 is 1. The van der Waals surface area contributed by atoms with Crippen LogP contribution in [-0.2, 0) is 14.3 Å². The monoisotopic (exact) mass is 311 g/mol. The molecule has 1 aromatic rings. The van der Waals surface area contributed by atoms with Crippen molar-refractivity contribution in [1.82, 2.24) is 5.32 Å². The van der Waals surface area contributed by atoms with E-state index in [9.17, 15) is 9.59 Å². The van der Waals surface area contributed by atoms with Gasteiger partial charge >= 0.3 is 5.97 Å². The summed E-state index contributed by atoms with van der Waals surface area (Å²) in [5.41, 5.74) is 0.894. The van der Waals surface area contributed by atoms with E-state index < -0.39 is 12.0 Å². The highest BCUT2D eigenvalue weighted by Crippen LogP contribution is 2.12. The summed E-state index contributed by atoms with van der Waals surface area (Å²) in [5.74, 6) is -0.813. The summed E-state index contributed by atoms with van der Waals surface area (Å²) in [6.07, 6.45) is 3.05. The van der Waals surface area contributed by atoms with Crippen LogP contribution in [0, 0.1) is 0 Å². The van der Waals surface area contributed by atoms with Crippen molar-refractivity contribution in [1.29, 1.82) is 0 Å². The Balaban J connectivity index is 2.57. The second-order valence-electron chi connectivity index (χ2n) is 3.64. The topological polar surface area (TPSA) is 55.4 Å². The molecule has 1 aromatic carbocycles. The Labute approximate surface area is 114 Å². The summed E-state index contributed by atoms with van der Waals surface area (Å²) in [5, 5.41) is 2.50. The molecule has 0 saturated heterocycles. The molecule has 0 aliphatic rings. The molecule has 0 aliphatic heterocycles. The zero-order chi connectivity index (χ0) is 13.5. The smallest absolute Gasteiger partial charge is 0.328 e. The predicted octanol–water partition coefficient (Wildman–Crippen LogP) is 2.14. The van der Waals surface area contributed by atoms with Crippen molar-refractivity contribution in [2.75, 3.05) is 7.11 Å². The third-order valence-corrected chi connectivity index (χ3v) is 2.68. The Morgan fingerprint density at radius 1 is 1.44 bits per heavy atom. The standard InChI is InChI=1S/C13H14BrNO3/c1-9(13(17)18-2)15-12(16)7-6-10-4-3-5-11(14)8-10/h3-9H,1-2H3,(H,15,16). The van der Waals surface area contributed by atoms with Crippen molar-refractivity contribution < 1.29 is 14.3 Å². The minimum atomic E-state index is -0.658. The molecule has 5 heteroatoms. The fourth-order valence-corrected chi connectivity index (χ4v) is 1.70. The summed E-state index contributed by atoms with van der Waals surface area (Å²) in [6.45, 7) is 1.57. The second-order valence-corrected chi connectivity index (χ2v) is 4.56. The maximum Gasteiger partial charge on any atom is 0.328 e. The van der Waals surface area contributed by atoms with Gasteiger partial charge in [-0.25, -0.2) is 4.79 Å². The number of rotatable bonds is 4. The van der Waals surface area contributed by atoms with Crippen LogP contribution in [-0.4, -0.2) is 25.0 Å². The first kappa shape index (κ1) is 14.4. The summed E-state index contributed by atoms with van der Waals surface area (Å²) in [7, 11) is 1.28. The average molecular weight is 312 g/mol. The minimum Gasteiger partial charge on any atom is -0.467 e. The summed E-state index contributed by atoms with van der Waals surface area (Å²) in [4.78, 5) is 22.6. The first-order valence-corrected chi connectivity index (χ1v) is 6.14. The van der Waals surface area contributed by atoms with Crippen LogP contribution in [0.3, 0.4) is 0 Å². The Bertz CT molecular complexity index is 471. The quantitative estimate of drug-likeness (QED) is 0.684. The number of halogens is 1. The second kappa shape index (κ2) is 6.96. The van der Waals surface area contributed by atoms with Crippen LogP contribution in [0.2, 0.25) is 0 Å². The molecular weight excluding hydrogens is 298 g/mol. The highest BCUT2D eigenvalue weighted by Gasteiger charge is 2.13. The van der Waals surface area contributed by atoms with Gasteiger partial charge in [-0.15, -0.1) is 0 Å². The SMILES string of the molecule is COC(=O)C(C)NC(=O)C=Cc1cccc(Br)c1. The number of nitrogens with one attached hydrogen (secondary N) is 1. The van der Waals surface area contributed by atoms with Gasteiger partial charge < -0.3 is 10.1 Å². The molecule has 0 aromatic heterocycles. The largest absolute Gasteiger partial charge is 0.467 e. The molecule has 96 valence electrons. The lowest BCUT2D eigenvalue weighted by Crippen LogP contribution is -2.38. The van der Waals surface area contributed by atoms with Gasteiger partial charge in [0.15, 0.2) is 0 Å². The molecule has 0 spiro atoms. The molecule has 0 heterocycles. The molecule has 18 heavy (non-hydrogen) atoms. The molecule has 0 aliphatic carbocycles. The normalized spacial score (nSPS) is 12.2. The zero-order valence-electron chi connectivity index (χ0n) is 10.1. The fourth-order valence-electron chi connectivity index (χ4n) is 1.28. The third kappa shape index (κ3) is 4.71. The first-order valence-electron chi connectivity index (χ1n) is 5.35. The van der Waals surface area contributed by atoms with Crippen LogP contribution < -0.4 is 5.32 Å². The molecular formula is C13H14BrNO3. The summed E-state index contributed by atoms with van der Waals surface area (Å²) < 4.78 is 5.45. The molecule has 1 rings (SSSR count). The highest BCUT2D eigenvalue weighted by atomic mass is 79.9. The van der Waals surface area contributed by atoms with E-state index in [0.29, 0.717) is 0 Å². The summed E-state index contributed by atoms with van der Waals surface area (Å²) in [6, 6.07) is 6.87. The van der Waals surface area contributed by atoms with Gasteiger partial charge in [-0.05, 0) is 30.7 Å². The molecule has 0 saturated carbocycles. The Morgan fingerprint density at radius 2 is 2.17 bits per heavy atom. The molecule has 0 fully saturated rings. The average Bonchev–Trinajstić information content (AvgIpc) is 2.35. The van der Waals surface area contributed by atoms with E-state index in [1.165, 1.54) is 13.2 Å². The van der Waals surface area contributed by atoms with Gasteiger partial charge in [0.05, 0.1) is 7.11 Å². The number of hydrogen-bond donors (Lipinski definition) is 1. The van der Waals surface area contributed by atoms with Gasteiger partial charge in [0.1, 0.15) is 6.04 Å². The highest BCUT2D eigenvalue weighted by molar-refractivity contribution is 9.10. The fraction of sp³-hybridized carbons (Fsp3) is 0.231. The van der Waals surface area contributed by atoms with E-state index in [-0.39, 0.29) is 5.91 Å². The zero-order valence-corrected chi connectivity index (χ0v) is 11.7. The third-order valence-electron chi connectivity index (χ3n) is 2.19. The summed E-state index contributed by atoms with van der Waals surface area (Å²) >= 11 is 3.34. The van der Waals surface area contributed by atoms with Crippen LogP contribution in [0.25, 0.3) is 6.08 Å². The van der Waals surface area contributed by atoms with E-state index in [1.54, 1.807) is 13.0 Å². The van der Waals surface area contributed by atoms with Crippen molar-refractivity contribution in [3.05, 3.63) is 40.4 Å². The first-order chi connectivity index (χ1) is 8.52. The van der Waals surface area contributed by atoms with E-state index in [0.717, 1.165) is 10.0 Å². The maximum absolute atomic E-state index is 11.5. The predicted molar refractivity (Wildman–Crippen MR) is 72.8 cm³/mol. The van der Waals surface area contributed by atoms with Crippen LogP contribution in [0.4, 0.5) is 0 Å². The number of esters is 1. The lowest BCUT2D eigenvalue weighted by molar-refractivity contribution is -0.144. The molecule has 4 nitrogen and oxygen atoms in total. The van der Waals surface area contributed by atoms with E-state index >= 15 is 0 Å². The van der Waals surface area contributed by atoms with Crippen LogP contribution in [0.1, 0.15) is 12.5 Å². The lowest BCUT2D eigenvalue weighted by atomic mass is 10.2. The van der Waals surface area contributed by atoms with Gasteiger partial charge in [-0.2, -0.15) is 0 Å². The Kier molecular flexibility index (Phi) is 5.58. The molecule has 0 bridgehead atoms. The van der Waals surface area contributed by atoms with Crippen molar-refractivity contribution in [2.24, 2.45) is 0 Å². The number of carbonyl (C=O) groups is 2. The number of carbonyl (C=O) groups excluding carboxylic acids is 2. The molecule has 1 atom stereocenters. The van der Waals surface area contributed by atoms with Gasteiger partial charge in [-0.1, -0.05) is 28.1 Å². The van der Waals surface area contributed by atoms with E-state index in [1.807, 2.05) is 24.3 Å². The van der Waals surface area contributed by atoms with Gasteiger partial charge in [0.2, 0.25) is 5.91 Å². The number of amides is 1. The van der Waals surface area contributed by atoms with E-state index in [4.69, 9.17) is 0 Å². The Hall–Kier alpha value is -1.62. The molecule has 1 amide bonds.